The molecule has 104 valence electrons. The molecule has 2 aromatic rings. The Morgan fingerprint density at radius 3 is 1.95 bits per heavy atom. The summed E-state index contributed by atoms with van der Waals surface area (Å²) in [6.07, 6.45) is 0. The lowest BCUT2D eigenvalue weighted by atomic mass is 10.1. The number of hydrogen-bond acceptors (Lipinski definition) is 3. The zero-order valence-corrected chi connectivity index (χ0v) is 11.6. The minimum Gasteiger partial charge on any atom is -0.497 e. The van der Waals surface area contributed by atoms with E-state index in [0.29, 0.717) is 11.5 Å². The van der Waals surface area contributed by atoms with Crippen molar-refractivity contribution in [1.29, 1.82) is 0 Å². The Labute approximate surface area is 117 Å². The zero-order chi connectivity index (χ0) is 14.7. The molecular formula is C16H16O4. The first kappa shape index (κ1) is 13.9. The van der Waals surface area contributed by atoms with Gasteiger partial charge in [0.15, 0.2) is 0 Å². The third-order valence-electron chi connectivity index (χ3n) is 2.99. The fourth-order valence-electron chi connectivity index (χ4n) is 2.00. The first-order valence-corrected chi connectivity index (χ1v) is 6.17. The number of hydrogen-bond donors (Lipinski definition) is 1. The topological polar surface area (TPSA) is 55.8 Å². The summed E-state index contributed by atoms with van der Waals surface area (Å²) >= 11 is 0. The lowest BCUT2D eigenvalue weighted by Gasteiger charge is -2.13. The van der Waals surface area contributed by atoms with Crippen LogP contribution in [0.25, 0.3) is 0 Å². The van der Waals surface area contributed by atoms with Gasteiger partial charge in [0, 0.05) is 0 Å². The van der Waals surface area contributed by atoms with Crippen LogP contribution >= 0.6 is 0 Å². The molecule has 0 bridgehead atoms. The van der Waals surface area contributed by atoms with Crippen molar-refractivity contribution in [2.45, 2.75) is 13.8 Å². The van der Waals surface area contributed by atoms with E-state index < -0.39 is 5.97 Å². The molecule has 4 heteroatoms. The van der Waals surface area contributed by atoms with E-state index >= 15 is 0 Å². The summed E-state index contributed by atoms with van der Waals surface area (Å²) < 4.78 is 10.9. The highest BCUT2D eigenvalue weighted by Gasteiger charge is 2.11. The fourth-order valence-corrected chi connectivity index (χ4v) is 2.00. The molecule has 0 spiro atoms. The van der Waals surface area contributed by atoms with Gasteiger partial charge in [0.2, 0.25) is 0 Å². The summed E-state index contributed by atoms with van der Waals surface area (Å²) in [5.41, 5.74) is 1.85. The fraction of sp³-hybridized carbons (Fsp3) is 0.188. The van der Waals surface area contributed by atoms with Gasteiger partial charge in [-0.3, -0.25) is 0 Å². The predicted octanol–water partition coefficient (Wildman–Crippen LogP) is 3.80. The molecule has 4 nitrogen and oxygen atoms in total. The first-order chi connectivity index (χ1) is 9.51. The second-order valence-corrected chi connectivity index (χ2v) is 4.52. The monoisotopic (exact) mass is 272 g/mol. The molecule has 0 saturated carbocycles. The van der Waals surface area contributed by atoms with Gasteiger partial charge in [-0.15, -0.1) is 0 Å². The van der Waals surface area contributed by atoms with Crippen LogP contribution < -0.4 is 9.47 Å². The Kier molecular flexibility index (Phi) is 3.94. The number of aromatic carboxylic acids is 1. The van der Waals surface area contributed by atoms with E-state index in [-0.39, 0.29) is 5.56 Å². The van der Waals surface area contributed by atoms with Crippen LogP contribution in [0.2, 0.25) is 0 Å². The highest BCUT2D eigenvalue weighted by Crippen LogP contribution is 2.30. The molecule has 2 aromatic carbocycles. The van der Waals surface area contributed by atoms with E-state index in [4.69, 9.17) is 14.6 Å². The summed E-state index contributed by atoms with van der Waals surface area (Å²) in [5.74, 6) is 1.18. The number of rotatable bonds is 4. The van der Waals surface area contributed by atoms with Crippen molar-refractivity contribution < 1.29 is 19.4 Å². The van der Waals surface area contributed by atoms with Gasteiger partial charge in [0.05, 0.1) is 12.7 Å². The van der Waals surface area contributed by atoms with E-state index in [1.54, 1.807) is 19.2 Å². The van der Waals surface area contributed by atoms with Crippen molar-refractivity contribution in [3.63, 3.8) is 0 Å². The molecule has 0 saturated heterocycles. The minimum atomic E-state index is -0.938. The molecule has 0 aliphatic rings. The number of ether oxygens (including phenoxy) is 2. The third-order valence-corrected chi connectivity index (χ3v) is 2.99. The second kappa shape index (κ2) is 5.65. The van der Waals surface area contributed by atoms with E-state index in [0.717, 1.165) is 16.9 Å². The van der Waals surface area contributed by atoms with Crippen LogP contribution in [0.5, 0.6) is 17.2 Å². The highest BCUT2D eigenvalue weighted by atomic mass is 16.5. The van der Waals surface area contributed by atoms with E-state index in [1.165, 1.54) is 0 Å². The summed E-state index contributed by atoms with van der Waals surface area (Å²) in [6, 6.07) is 10.4. The van der Waals surface area contributed by atoms with E-state index in [9.17, 15) is 4.79 Å². The summed E-state index contributed by atoms with van der Waals surface area (Å²) in [6.45, 7) is 3.66. The number of benzene rings is 2. The number of methoxy groups -OCH3 is 1. The lowest BCUT2D eigenvalue weighted by molar-refractivity contribution is 0.0696. The van der Waals surface area contributed by atoms with Crippen LogP contribution in [0.1, 0.15) is 21.5 Å². The Bertz CT molecular complexity index is 606. The SMILES string of the molecule is COc1ccc(Oc2c(C)cc(C(=O)O)cc2C)cc1. The molecule has 0 unspecified atom stereocenters. The third kappa shape index (κ3) is 2.91. The van der Waals surface area contributed by atoms with Crippen LogP contribution in [-0.4, -0.2) is 18.2 Å². The van der Waals surface area contributed by atoms with Crippen molar-refractivity contribution in [2.24, 2.45) is 0 Å². The maximum Gasteiger partial charge on any atom is 0.335 e. The molecule has 2 rings (SSSR count). The Hall–Kier alpha value is -2.49. The largest absolute Gasteiger partial charge is 0.497 e. The zero-order valence-electron chi connectivity index (χ0n) is 11.6. The van der Waals surface area contributed by atoms with Gasteiger partial charge < -0.3 is 14.6 Å². The molecular weight excluding hydrogens is 256 g/mol. The highest BCUT2D eigenvalue weighted by molar-refractivity contribution is 5.88. The molecule has 0 aliphatic carbocycles. The molecule has 0 radical (unpaired) electrons. The normalized spacial score (nSPS) is 10.2. The number of carbonyl (C=O) groups is 1. The van der Waals surface area contributed by atoms with Gasteiger partial charge >= 0.3 is 5.97 Å². The van der Waals surface area contributed by atoms with Crippen LogP contribution in [0.4, 0.5) is 0 Å². The van der Waals surface area contributed by atoms with E-state index in [2.05, 4.69) is 0 Å². The first-order valence-electron chi connectivity index (χ1n) is 6.17. The molecule has 0 aromatic heterocycles. The molecule has 0 fully saturated rings. The van der Waals surface area contributed by atoms with Gasteiger partial charge in [0.25, 0.3) is 0 Å². The summed E-state index contributed by atoms with van der Waals surface area (Å²) in [4.78, 5) is 11.0. The minimum absolute atomic E-state index is 0.266. The van der Waals surface area contributed by atoms with Gasteiger partial charge in [-0.25, -0.2) is 4.79 Å². The second-order valence-electron chi connectivity index (χ2n) is 4.52. The summed E-state index contributed by atoms with van der Waals surface area (Å²) in [5, 5.41) is 9.02. The predicted molar refractivity (Wildman–Crippen MR) is 75.9 cm³/mol. The Morgan fingerprint density at radius 2 is 1.50 bits per heavy atom. The smallest absolute Gasteiger partial charge is 0.335 e. The van der Waals surface area contributed by atoms with Gasteiger partial charge in [-0.1, -0.05) is 0 Å². The quantitative estimate of drug-likeness (QED) is 0.919. The van der Waals surface area contributed by atoms with E-state index in [1.807, 2.05) is 38.1 Å². The molecule has 20 heavy (non-hydrogen) atoms. The van der Waals surface area contributed by atoms with Crippen LogP contribution in [0.3, 0.4) is 0 Å². The average molecular weight is 272 g/mol. The Morgan fingerprint density at radius 1 is 1.00 bits per heavy atom. The van der Waals surface area contributed by atoms with Crippen molar-refractivity contribution in [3.8, 4) is 17.2 Å². The van der Waals surface area contributed by atoms with Gasteiger partial charge in [-0.05, 0) is 61.4 Å². The molecule has 1 N–H and O–H groups in total. The standard InChI is InChI=1S/C16H16O4/c1-10-8-12(16(17)18)9-11(2)15(10)20-14-6-4-13(19-3)5-7-14/h4-9H,1-3H3,(H,17,18). The van der Waals surface area contributed by atoms with Gasteiger partial charge in [0.1, 0.15) is 17.2 Å². The Balaban J connectivity index is 2.30. The maximum atomic E-state index is 11.0. The van der Waals surface area contributed by atoms with Crippen molar-refractivity contribution >= 4 is 5.97 Å². The lowest BCUT2D eigenvalue weighted by Crippen LogP contribution is -2.00. The van der Waals surface area contributed by atoms with Crippen LogP contribution in [0.15, 0.2) is 36.4 Å². The number of carboxylic acids is 1. The molecule has 0 aliphatic heterocycles. The van der Waals surface area contributed by atoms with Crippen LogP contribution in [0, 0.1) is 13.8 Å². The molecule has 0 heterocycles. The average Bonchev–Trinajstić information content (AvgIpc) is 2.43. The van der Waals surface area contributed by atoms with Crippen LogP contribution in [-0.2, 0) is 0 Å². The van der Waals surface area contributed by atoms with Crippen molar-refractivity contribution in [2.75, 3.05) is 7.11 Å². The van der Waals surface area contributed by atoms with Gasteiger partial charge in [-0.2, -0.15) is 0 Å². The van der Waals surface area contributed by atoms with Crippen molar-refractivity contribution in [1.82, 2.24) is 0 Å². The van der Waals surface area contributed by atoms with Crippen molar-refractivity contribution in [3.05, 3.63) is 53.1 Å². The number of carboxylic acid groups (broad SMARTS) is 1. The number of aryl methyl sites for hydroxylation is 2. The molecule has 0 atom stereocenters. The maximum absolute atomic E-state index is 11.0. The summed E-state index contributed by atoms with van der Waals surface area (Å²) in [7, 11) is 1.61. The molecule has 0 amide bonds.